The number of rotatable bonds is 5. The summed E-state index contributed by atoms with van der Waals surface area (Å²) >= 11 is 6.14. The third kappa shape index (κ3) is 4.13. The Morgan fingerprint density at radius 1 is 1.03 bits per heavy atom. The van der Waals surface area contributed by atoms with Crippen molar-refractivity contribution in [3.05, 3.63) is 87.2 Å². The van der Waals surface area contributed by atoms with Gasteiger partial charge in [-0.15, -0.1) is 0 Å². The molecule has 0 aliphatic carbocycles. The number of hydrogen-bond acceptors (Lipinski definition) is 6. The zero-order valence-electron chi connectivity index (χ0n) is 18.4. The molecule has 5 rings (SSSR count). The molecule has 2 heterocycles. The van der Waals surface area contributed by atoms with Crippen LogP contribution >= 0.6 is 11.6 Å². The first-order valence-corrected chi connectivity index (χ1v) is 11.4. The van der Waals surface area contributed by atoms with Crippen molar-refractivity contribution in [1.82, 2.24) is 0 Å². The molecule has 1 aliphatic rings. The van der Waals surface area contributed by atoms with Gasteiger partial charge in [-0.05, 0) is 47.9 Å². The third-order valence-electron chi connectivity index (χ3n) is 5.62. The molecule has 1 aromatic heterocycles. The Balaban J connectivity index is 1.56. The summed E-state index contributed by atoms with van der Waals surface area (Å²) in [6.45, 7) is 2.96. The van der Waals surface area contributed by atoms with E-state index < -0.39 is 5.97 Å². The van der Waals surface area contributed by atoms with Gasteiger partial charge in [0.2, 0.25) is 5.43 Å². The average Bonchev–Trinajstić information content (AvgIpc) is 2.85. The van der Waals surface area contributed by atoms with E-state index in [1.54, 1.807) is 54.6 Å². The zero-order chi connectivity index (χ0) is 23.7. The van der Waals surface area contributed by atoms with Crippen LogP contribution in [0.1, 0.15) is 29.3 Å². The van der Waals surface area contributed by atoms with E-state index in [1.807, 2.05) is 6.92 Å². The van der Waals surface area contributed by atoms with Crippen molar-refractivity contribution in [2.75, 3.05) is 13.2 Å². The van der Waals surface area contributed by atoms with Gasteiger partial charge in [-0.1, -0.05) is 43.1 Å². The molecule has 4 aromatic rings. The van der Waals surface area contributed by atoms with E-state index in [0.717, 1.165) is 12.0 Å². The Hall–Kier alpha value is -3.77. The smallest absolute Gasteiger partial charge is 0.345 e. The van der Waals surface area contributed by atoms with Gasteiger partial charge in [0, 0.05) is 6.07 Å². The van der Waals surface area contributed by atoms with Crippen LogP contribution in [0.25, 0.3) is 22.1 Å². The minimum Gasteiger partial charge on any atom is -0.486 e. The molecule has 0 amide bonds. The second kappa shape index (κ2) is 9.23. The lowest BCUT2D eigenvalue weighted by atomic mass is 10.0. The summed E-state index contributed by atoms with van der Waals surface area (Å²) in [4.78, 5) is 26.1. The maximum atomic E-state index is 13.4. The van der Waals surface area contributed by atoms with E-state index in [0.29, 0.717) is 64.0 Å². The number of carbonyl (C=O) groups is 1. The van der Waals surface area contributed by atoms with E-state index in [2.05, 4.69) is 0 Å². The molecule has 0 bridgehead atoms. The average molecular weight is 477 g/mol. The van der Waals surface area contributed by atoms with E-state index in [1.165, 1.54) is 6.26 Å². The molecule has 0 atom stereocenters. The van der Waals surface area contributed by atoms with Gasteiger partial charge < -0.3 is 18.6 Å². The number of esters is 1. The molecule has 1 aliphatic heterocycles. The van der Waals surface area contributed by atoms with Crippen LogP contribution in [-0.2, 0) is 6.42 Å². The molecule has 0 fully saturated rings. The van der Waals surface area contributed by atoms with E-state index in [-0.39, 0.29) is 11.0 Å². The van der Waals surface area contributed by atoms with Gasteiger partial charge in [-0.2, -0.15) is 0 Å². The highest BCUT2D eigenvalue weighted by molar-refractivity contribution is 6.33. The van der Waals surface area contributed by atoms with Crippen LogP contribution in [0, 0.1) is 0 Å². The lowest BCUT2D eigenvalue weighted by Gasteiger charge is -2.18. The molecule has 7 heteroatoms. The minimum absolute atomic E-state index is 0.181. The number of ether oxygens (including phenoxy) is 3. The monoisotopic (exact) mass is 476 g/mol. The quantitative estimate of drug-likeness (QED) is 0.257. The van der Waals surface area contributed by atoms with Crippen LogP contribution in [0.2, 0.25) is 5.02 Å². The molecule has 3 aromatic carbocycles. The van der Waals surface area contributed by atoms with Crippen LogP contribution in [-0.4, -0.2) is 19.2 Å². The Morgan fingerprint density at radius 3 is 2.62 bits per heavy atom. The first-order chi connectivity index (χ1) is 16.5. The second-order valence-corrected chi connectivity index (χ2v) is 8.32. The van der Waals surface area contributed by atoms with Gasteiger partial charge in [-0.3, -0.25) is 4.79 Å². The van der Waals surface area contributed by atoms with Gasteiger partial charge in [0.25, 0.3) is 0 Å². The molecule has 0 N–H and O–H groups in total. The Kier molecular flexibility index (Phi) is 5.99. The van der Waals surface area contributed by atoms with E-state index in [9.17, 15) is 9.59 Å². The molecule has 6 nitrogen and oxygen atoms in total. The van der Waals surface area contributed by atoms with Gasteiger partial charge in [0.05, 0.1) is 21.5 Å². The summed E-state index contributed by atoms with van der Waals surface area (Å²) in [7, 11) is 0. The number of hydrogen-bond donors (Lipinski definition) is 0. The third-order valence-corrected chi connectivity index (χ3v) is 5.95. The van der Waals surface area contributed by atoms with Crippen LogP contribution in [0.4, 0.5) is 0 Å². The Morgan fingerprint density at radius 2 is 1.82 bits per heavy atom. The first kappa shape index (κ1) is 22.0. The van der Waals surface area contributed by atoms with Crippen molar-refractivity contribution in [1.29, 1.82) is 0 Å². The minimum atomic E-state index is -0.572. The van der Waals surface area contributed by atoms with Crippen molar-refractivity contribution in [2.24, 2.45) is 0 Å². The summed E-state index contributed by atoms with van der Waals surface area (Å²) < 4.78 is 22.7. The number of aryl methyl sites for hydroxylation is 1. The highest BCUT2D eigenvalue weighted by atomic mass is 35.5. The molecule has 0 unspecified atom stereocenters. The van der Waals surface area contributed by atoms with Crippen LogP contribution in [0.3, 0.4) is 0 Å². The zero-order valence-corrected chi connectivity index (χ0v) is 19.2. The second-order valence-electron chi connectivity index (χ2n) is 7.91. The van der Waals surface area contributed by atoms with Crippen LogP contribution in [0.15, 0.2) is 70.1 Å². The SMILES string of the molecule is CCCc1cc2c(=O)c(-c3ccc4c(c3)OCCO4)coc2cc1OC(=O)c1ccccc1Cl. The predicted molar refractivity (Wildman–Crippen MR) is 129 cm³/mol. The normalized spacial score (nSPS) is 12.5. The fraction of sp³-hybridized carbons (Fsp3) is 0.185. The number of benzene rings is 3. The van der Waals surface area contributed by atoms with Gasteiger partial charge in [0.15, 0.2) is 11.5 Å². The summed E-state index contributed by atoms with van der Waals surface area (Å²) in [6.07, 6.45) is 2.83. The fourth-order valence-corrected chi connectivity index (χ4v) is 4.17. The van der Waals surface area contributed by atoms with Gasteiger partial charge in [0.1, 0.15) is 30.8 Å². The predicted octanol–water partition coefficient (Wildman–Crippen LogP) is 6.06. The van der Waals surface area contributed by atoms with Crippen molar-refractivity contribution < 1.29 is 23.4 Å². The number of carbonyl (C=O) groups excluding carboxylic acids is 1. The van der Waals surface area contributed by atoms with Crippen molar-refractivity contribution in [3.8, 4) is 28.4 Å². The summed E-state index contributed by atoms with van der Waals surface area (Å²) in [5, 5.41) is 0.717. The van der Waals surface area contributed by atoms with E-state index >= 15 is 0 Å². The highest BCUT2D eigenvalue weighted by Gasteiger charge is 2.19. The van der Waals surface area contributed by atoms with Crippen molar-refractivity contribution in [2.45, 2.75) is 19.8 Å². The number of fused-ring (bicyclic) bond motifs is 2. The Bertz CT molecular complexity index is 1460. The standard InChI is InChI=1S/C27H21ClO6/c1-2-5-17-12-19-24(14-23(17)34-27(30)18-6-3-4-7-21(18)28)33-15-20(26(19)29)16-8-9-22-25(13-16)32-11-10-31-22/h3-4,6-9,12-15H,2,5,10-11H2,1H3. The van der Waals surface area contributed by atoms with Crippen molar-refractivity contribution in [3.63, 3.8) is 0 Å². The number of halogens is 1. The molecule has 0 saturated carbocycles. The van der Waals surface area contributed by atoms with E-state index in [4.69, 9.17) is 30.2 Å². The highest BCUT2D eigenvalue weighted by Crippen LogP contribution is 2.35. The van der Waals surface area contributed by atoms with Crippen molar-refractivity contribution >= 4 is 28.5 Å². The molecular weight excluding hydrogens is 456 g/mol. The molecule has 0 saturated heterocycles. The van der Waals surface area contributed by atoms with Gasteiger partial charge in [-0.25, -0.2) is 4.79 Å². The fourth-order valence-electron chi connectivity index (χ4n) is 3.95. The molecule has 0 radical (unpaired) electrons. The first-order valence-electron chi connectivity index (χ1n) is 11.0. The maximum absolute atomic E-state index is 13.4. The van der Waals surface area contributed by atoms with Crippen LogP contribution < -0.4 is 19.6 Å². The lowest BCUT2D eigenvalue weighted by Crippen LogP contribution is -2.15. The maximum Gasteiger partial charge on any atom is 0.345 e. The van der Waals surface area contributed by atoms with Crippen LogP contribution in [0.5, 0.6) is 17.2 Å². The Labute approximate surface area is 200 Å². The molecular formula is C27H21ClO6. The summed E-state index contributed by atoms with van der Waals surface area (Å²) in [6, 6.07) is 15.4. The van der Waals surface area contributed by atoms with Gasteiger partial charge >= 0.3 is 5.97 Å². The topological polar surface area (TPSA) is 75.0 Å². The summed E-state index contributed by atoms with van der Waals surface area (Å²) in [5.74, 6) is 1.01. The lowest BCUT2D eigenvalue weighted by molar-refractivity contribution is 0.0733. The summed E-state index contributed by atoms with van der Waals surface area (Å²) in [5.41, 5.74) is 2.23. The molecule has 34 heavy (non-hydrogen) atoms. The molecule has 172 valence electrons. The largest absolute Gasteiger partial charge is 0.486 e. The molecule has 0 spiro atoms.